The Morgan fingerprint density at radius 1 is 1.33 bits per heavy atom. The van der Waals surface area contributed by atoms with Crippen LogP contribution in [0.4, 0.5) is 5.69 Å². The third kappa shape index (κ3) is 2.55. The quantitative estimate of drug-likeness (QED) is 0.745. The van der Waals surface area contributed by atoms with Crippen molar-refractivity contribution in [3.05, 3.63) is 29.8 Å². The second-order valence-corrected chi connectivity index (χ2v) is 3.50. The van der Waals surface area contributed by atoms with E-state index in [0.717, 1.165) is 19.5 Å². The highest BCUT2D eigenvalue weighted by molar-refractivity contribution is 5.80. The summed E-state index contributed by atoms with van der Waals surface area (Å²) >= 11 is 0. The van der Waals surface area contributed by atoms with Gasteiger partial charge in [0.1, 0.15) is 0 Å². The molecule has 1 heterocycles. The zero-order valence-corrected chi connectivity index (χ0v) is 8.60. The fourth-order valence-electron chi connectivity index (χ4n) is 1.61. The average molecular weight is 205 g/mol. The van der Waals surface area contributed by atoms with E-state index in [9.17, 15) is 0 Å². The first-order valence-electron chi connectivity index (χ1n) is 5.07. The SMILES string of the molecule is NOCCc1ccc(N2C=NCC2)cc1. The maximum Gasteiger partial charge on any atom is 0.0895 e. The van der Waals surface area contributed by atoms with E-state index in [0.29, 0.717) is 6.61 Å². The van der Waals surface area contributed by atoms with Crippen LogP contribution in [-0.4, -0.2) is 26.0 Å². The lowest BCUT2D eigenvalue weighted by atomic mass is 10.1. The monoisotopic (exact) mass is 205 g/mol. The van der Waals surface area contributed by atoms with Gasteiger partial charge in [0.2, 0.25) is 0 Å². The Morgan fingerprint density at radius 3 is 2.73 bits per heavy atom. The van der Waals surface area contributed by atoms with Crippen molar-refractivity contribution in [3.8, 4) is 0 Å². The zero-order valence-electron chi connectivity index (χ0n) is 8.60. The first-order chi connectivity index (χ1) is 7.40. The summed E-state index contributed by atoms with van der Waals surface area (Å²) in [6.45, 7) is 2.43. The Labute approximate surface area is 89.3 Å². The Hall–Kier alpha value is -1.39. The molecule has 1 aliphatic rings. The van der Waals surface area contributed by atoms with Crippen molar-refractivity contribution in [1.82, 2.24) is 0 Å². The number of aliphatic imine (C=N–C) groups is 1. The van der Waals surface area contributed by atoms with Crippen molar-refractivity contribution in [2.75, 3.05) is 24.6 Å². The van der Waals surface area contributed by atoms with Crippen LogP contribution in [0.1, 0.15) is 5.56 Å². The minimum atomic E-state index is 0.560. The first-order valence-corrected chi connectivity index (χ1v) is 5.07. The van der Waals surface area contributed by atoms with Gasteiger partial charge in [0, 0.05) is 12.2 Å². The van der Waals surface area contributed by atoms with Crippen molar-refractivity contribution >= 4 is 12.0 Å². The molecular weight excluding hydrogens is 190 g/mol. The zero-order chi connectivity index (χ0) is 10.5. The number of hydrogen-bond donors (Lipinski definition) is 1. The van der Waals surface area contributed by atoms with Crippen LogP contribution in [0.2, 0.25) is 0 Å². The molecule has 0 fully saturated rings. The highest BCUT2D eigenvalue weighted by Crippen LogP contribution is 2.15. The maximum atomic E-state index is 4.98. The van der Waals surface area contributed by atoms with Gasteiger partial charge in [-0.2, -0.15) is 0 Å². The molecule has 0 atom stereocenters. The van der Waals surface area contributed by atoms with Gasteiger partial charge in [0.05, 0.1) is 19.5 Å². The second-order valence-electron chi connectivity index (χ2n) is 3.50. The van der Waals surface area contributed by atoms with Crippen LogP contribution in [-0.2, 0) is 11.3 Å². The van der Waals surface area contributed by atoms with Gasteiger partial charge in [-0.1, -0.05) is 12.1 Å². The lowest BCUT2D eigenvalue weighted by Crippen LogP contribution is -2.17. The summed E-state index contributed by atoms with van der Waals surface area (Å²) in [5.41, 5.74) is 2.43. The minimum Gasteiger partial charge on any atom is -0.331 e. The van der Waals surface area contributed by atoms with Crippen molar-refractivity contribution in [3.63, 3.8) is 0 Å². The molecule has 1 aliphatic heterocycles. The molecular formula is C11H15N3O. The normalized spacial score (nSPS) is 14.9. The van der Waals surface area contributed by atoms with Crippen molar-refractivity contribution < 1.29 is 4.84 Å². The Kier molecular flexibility index (Phi) is 3.32. The summed E-state index contributed by atoms with van der Waals surface area (Å²) in [5.74, 6) is 4.98. The molecule has 0 saturated heterocycles. The molecule has 0 saturated carbocycles. The maximum absolute atomic E-state index is 4.98. The lowest BCUT2D eigenvalue weighted by molar-refractivity contribution is 0.141. The Bertz CT molecular complexity index is 334. The number of benzene rings is 1. The molecule has 4 nitrogen and oxygen atoms in total. The van der Waals surface area contributed by atoms with Gasteiger partial charge in [-0.25, -0.2) is 5.90 Å². The van der Waals surface area contributed by atoms with Gasteiger partial charge >= 0.3 is 0 Å². The van der Waals surface area contributed by atoms with E-state index < -0.39 is 0 Å². The summed E-state index contributed by atoms with van der Waals surface area (Å²) in [4.78, 5) is 10.9. The van der Waals surface area contributed by atoms with Crippen LogP contribution in [0, 0.1) is 0 Å². The van der Waals surface area contributed by atoms with Crippen LogP contribution < -0.4 is 10.8 Å². The van der Waals surface area contributed by atoms with E-state index in [4.69, 9.17) is 5.90 Å². The fourth-order valence-corrected chi connectivity index (χ4v) is 1.61. The third-order valence-corrected chi connectivity index (χ3v) is 2.47. The molecule has 0 unspecified atom stereocenters. The standard InChI is InChI=1S/C11H15N3O/c12-15-8-5-10-1-3-11(4-2-10)14-7-6-13-9-14/h1-4,9H,5-8,12H2. The van der Waals surface area contributed by atoms with Crippen LogP contribution in [0.25, 0.3) is 0 Å². The van der Waals surface area contributed by atoms with Crippen LogP contribution in [0.5, 0.6) is 0 Å². The van der Waals surface area contributed by atoms with Crippen molar-refractivity contribution in [2.45, 2.75) is 6.42 Å². The second kappa shape index (κ2) is 4.91. The smallest absolute Gasteiger partial charge is 0.0895 e. The van der Waals surface area contributed by atoms with E-state index in [2.05, 4.69) is 39.0 Å². The Balaban J connectivity index is 2.00. The molecule has 0 amide bonds. The van der Waals surface area contributed by atoms with Crippen LogP contribution in [0.3, 0.4) is 0 Å². The highest BCUT2D eigenvalue weighted by atomic mass is 16.6. The van der Waals surface area contributed by atoms with Crippen LogP contribution >= 0.6 is 0 Å². The average Bonchev–Trinajstić information content (AvgIpc) is 2.80. The summed E-state index contributed by atoms with van der Waals surface area (Å²) in [7, 11) is 0. The largest absolute Gasteiger partial charge is 0.331 e. The molecule has 4 heteroatoms. The predicted molar refractivity (Wildman–Crippen MR) is 61.0 cm³/mol. The summed E-state index contributed by atoms with van der Waals surface area (Å²) in [5, 5.41) is 0. The van der Waals surface area contributed by atoms with E-state index in [1.54, 1.807) is 0 Å². The molecule has 0 bridgehead atoms. The Morgan fingerprint density at radius 2 is 2.13 bits per heavy atom. The molecule has 1 aromatic carbocycles. The number of hydrogen-bond acceptors (Lipinski definition) is 4. The molecule has 0 radical (unpaired) electrons. The van der Waals surface area contributed by atoms with E-state index in [-0.39, 0.29) is 0 Å². The van der Waals surface area contributed by atoms with Crippen LogP contribution in [0.15, 0.2) is 29.3 Å². The van der Waals surface area contributed by atoms with Gasteiger partial charge in [0.25, 0.3) is 0 Å². The number of nitrogens with two attached hydrogens (primary N) is 1. The summed E-state index contributed by atoms with van der Waals surface area (Å²) in [6.07, 6.45) is 2.74. The summed E-state index contributed by atoms with van der Waals surface area (Å²) < 4.78 is 0. The topological polar surface area (TPSA) is 50.9 Å². The number of rotatable bonds is 4. The van der Waals surface area contributed by atoms with E-state index in [1.165, 1.54) is 11.3 Å². The lowest BCUT2D eigenvalue weighted by Gasteiger charge is -2.14. The molecule has 2 N–H and O–H groups in total. The van der Waals surface area contributed by atoms with Gasteiger partial charge in [0.15, 0.2) is 0 Å². The summed E-state index contributed by atoms with van der Waals surface area (Å²) in [6, 6.07) is 8.40. The molecule has 0 aromatic heterocycles. The number of nitrogens with zero attached hydrogens (tertiary/aromatic N) is 2. The fraction of sp³-hybridized carbons (Fsp3) is 0.364. The van der Waals surface area contributed by atoms with Gasteiger partial charge in [-0.15, -0.1) is 0 Å². The highest BCUT2D eigenvalue weighted by Gasteiger charge is 2.07. The van der Waals surface area contributed by atoms with Crippen molar-refractivity contribution in [1.29, 1.82) is 0 Å². The van der Waals surface area contributed by atoms with E-state index >= 15 is 0 Å². The molecule has 80 valence electrons. The van der Waals surface area contributed by atoms with Gasteiger partial charge < -0.3 is 9.74 Å². The first kappa shape index (κ1) is 10.1. The molecule has 2 rings (SSSR count). The van der Waals surface area contributed by atoms with E-state index in [1.807, 2.05) is 6.34 Å². The number of anilines is 1. The molecule has 15 heavy (non-hydrogen) atoms. The van der Waals surface area contributed by atoms with Crippen molar-refractivity contribution in [2.24, 2.45) is 10.9 Å². The van der Waals surface area contributed by atoms with Gasteiger partial charge in [-0.05, 0) is 24.1 Å². The molecule has 1 aromatic rings. The molecule has 0 spiro atoms. The predicted octanol–water partition coefficient (Wildman–Crippen LogP) is 0.968. The molecule has 0 aliphatic carbocycles. The third-order valence-electron chi connectivity index (χ3n) is 2.47. The minimum absolute atomic E-state index is 0.560. The van der Waals surface area contributed by atoms with Gasteiger partial charge in [-0.3, -0.25) is 4.99 Å².